The number of halogens is 3. The molecule has 0 fully saturated rings. The van der Waals surface area contributed by atoms with Crippen molar-refractivity contribution in [1.82, 2.24) is 10.3 Å². The fraction of sp³-hybridized carbons (Fsp3) is 0.333. The molecule has 0 bridgehead atoms. The van der Waals surface area contributed by atoms with Crippen molar-refractivity contribution in [2.24, 2.45) is 0 Å². The van der Waals surface area contributed by atoms with E-state index >= 15 is 0 Å². The van der Waals surface area contributed by atoms with Crippen LogP contribution in [0.15, 0.2) is 29.0 Å². The molecule has 102 valence electrons. The largest absolute Gasteiger partial charge is 0.471 e. The van der Waals surface area contributed by atoms with Gasteiger partial charge in [0.25, 0.3) is 0 Å². The number of oxazole rings is 1. The van der Waals surface area contributed by atoms with Crippen LogP contribution < -0.4 is 5.32 Å². The fourth-order valence-corrected chi connectivity index (χ4v) is 1.73. The Hall–Kier alpha value is -2.05. The number of amides is 1. The van der Waals surface area contributed by atoms with Gasteiger partial charge < -0.3 is 9.73 Å². The molecule has 1 heterocycles. The van der Waals surface area contributed by atoms with E-state index in [1.54, 1.807) is 12.1 Å². The third kappa shape index (κ3) is 3.24. The van der Waals surface area contributed by atoms with Crippen LogP contribution in [-0.2, 0) is 11.2 Å². The number of carbonyl (C=O) groups is 1. The van der Waals surface area contributed by atoms with Crippen molar-refractivity contribution in [3.05, 3.63) is 30.2 Å². The first-order valence-electron chi connectivity index (χ1n) is 5.64. The molecule has 0 aliphatic rings. The molecule has 0 unspecified atom stereocenters. The van der Waals surface area contributed by atoms with Crippen LogP contribution in [0.3, 0.4) is 0 Å². The van der Waals surface area contributed by atoms with Gasteiger partial charge in [-0.25, -0.2) is 4.98 Å². The number of nitrogens with zero attached hydrogens (tertiary/aromatic N) is 1. The maximum absolute atomic E-state index is 11.9. The van der Waals surface area contributed by atoms with Gasteiger partial charge in [-0.3, -0.25) is 4.79 Å². The lowest BCUT2D eigenvalue weighted by Crippen LogP contribution is -2.37. The molecule has 0 spiro atoms. The van der Waals surface area contributed by atoms with Crippen molar-refractivity contribution in [3.8, 4) is 0 Å². The summed E-state index contributed by atoms with van der Waals surface area (Å²) in [6, 6.07) is 5.38. The number of alkyl halides is 3. The van der Waals surface area contributed by atoms with E-state index < -0.39 is 12.1 Å². The Morgan fingerprint density at radius 2 is 2.16 bits per heavy atom. The number of aryl methyl sites for hydroxylation is 1. The summed E-state index contributed by atoms with van der Waals surface area (Å²) in [5.74, 6) is -1.91. The van der Waals surface area contributed by atoms with E-state index in [0.29, 0.717) is 23.9 Å². The Balaban J connectivity index is 1.87. The van der Waals surface area contributed by atoms with E-state index in [-0.39, 0.29) is 6.54 Å². The minimum atomic E-state index is -4.83. The summed E-state index contributed by atoms with van der Waals surface area (Å²) in [5, 5.41) is 1.83. The molecule has 1 aromatic carbocycles. The average Bonchev–Trinajstić information content (AvgIpc) is 2.81. The third-order valence-corrected chi connectivity index (χ3v) is 2.61. The number of fused-ring (bicyclic) bond motifs is 1. The highest BCUT2D eigenvalue weighted by Crippen LogP contribution is 2.18. The van der Waals surface area contributed by atoms with Crippen LogP contribution in [0, 0.1) is 0 Å². The zero-order valence-corrected chi connectivity index (χ0v) is 9.83. The van der Waals surface area contributed by atoms with Crippen LogP contribution in [0.2, 0.25) is 0 Å². The van der Waals surface area contributed by atoms with Crippen LogP contribution >= 0.6 is 0 Å². The molecule has 0 aliphatic carbocycles. The van der Waals surface area contributed by atoms with Crippen LogP contribution in [0.25, 0.3) is 11.1 Å². The van der Waals surface area contributed by atoms with E-state index in [1.807, 2.05) is 11.4 Å². The molecule has 0 atom stereocenters. The maximum atomic E-state index is 11.9. The zero-order chi connectivity index (χ0) is 13.9. The molecular weight excluding hydrogens is 261 g/mol. The average molecular weight is 272 g/mol. The minimum absolute atomic E-state index is 0.0351. The molecule has 0 radical (unpaired) electrons. The zero-order valence-electron chi connectivity index (χ0n) is 9.83. The van der Waals surface area contributed by atoms with Gasteiger partial charge in [0.2, 0.25) is 0 Å². The van der Waals surface area contributed by atoms with Crippen LogP contribution in [0.1, 0.15) is 12.0 Å². The molecule has 7 heteroatoms. The minimum Gasteiger partial charge on any atom is -0.443 e. The van der Waals surface area contributed by atoms with E-state index in [9.17, 15) is 18.0 Å². The van der Waals surface area contributed by atoms with Gasteiger partial charge in [0.1, 0.15) is 5.52 Å². The SMILES string of the molecule is O=C(NCCCc1cccc2ocnc12)C(F)(F)F. The highest BCUT2D eigenvalue weighted by molar-refractivity contribution is 5.81. The van der Waals surface area contributed by atoms with Crippen molar-refractivity contribution < 1.29 is 22.4 Å². The Bertz CT molecular complexity index is 578. The predicted molar refractivity (Wildman–Crippen MR) is 61.4 cm³/mol. The van der Waals surface area contributed by atoms with Gasteiger partial charge in [-0.15, -0.1) is 0 Å². The molecule has 2 rings (SSSR count). The summed E-state index contributed by atoms with van der Waals surface area (Å²) in [7, 11) is 0. The quantitative estimate of drug-likeness (QED) is 0.870. The number of hydrogen-bond donors (Lipinski definition) is 1. The maximum Gasteiger partial charge on any atom is 0.471 e. The highest BCUT2D eigenvalue weighted by Gasteiger charge is 2.38. The van der Waals surface area contributed by atoms with Gasteiger partial charge in [0.05, 0.1) is 0 Å². The lowest BCUT2D eigenvalue weighted by Gasteiger charge is -2.07. The van der Waals surface area contributed by atoms with E-state index in [4.69, 9.17) is 4.42 Å². The van der Waals surface area contributed by atoms with E-state index in [2.05, 4.69) is 4.98 Å². The lowest BCUT2D eigenvalue weighted by atomic mass is 10.1. The second kappa shape index (κ2) is 5.29. The molecule has 1 amide bonds. The standard InChI is InChI=1S/C12H11F3N2O2/c13-12(14,15)11(18)16-6-2-4-8-3-1-5-9-10(8)17-7-19-9/h1,3,5,7H,2,4,6H2,(H,16,18). The molecule has 2 aromatic rings. The van der Waals surface area contributed by atoms with Gasteiger partial charge in [0, 0.05) is 6.54 Å². The fourth-order valence-electron chi connectivity index (χ4n) is 1.73. The summed E-state index contributed by atoms with van der Waals surface area (Å²) in [6.45, 7) is -0.0351. The summed E-state index contributed by atoms with van der Waals surface area (Å²) in [6.07, 6.45) is -2.60. The molecular formula is C12H11F3N2O2. The Kier molecular flexibility index (Phi) is 3.73. The Morgan fingerprint density at radius 3 is 2.89 bits per heavy atom. The second-order valence-electron chi connectivity index (χ2n) is 3.97. The van der Waals surface area contributed by atoms with Crippen molar-refractivity contribution in [2.45, 2.75) is 19.0 Å². The summed E-state index contributed by atoms with van der Waals surface area (Å²) in [5.41, 5.74) is 2.22. The van der Waals surface area contributed by atoms with Crippen LogP contribution in [0.5, 0.6) is 0 Å². The topological polar surface area (TPSA) is 55.1 Å². The number of nitrogens with one attached hydrogen (secondary N) is 1. The summed E-state index contributed by atoms with van der Waals surface area (Å²) >= 11 is 0. The number of rotatable bonds is 4. The number of carbonyl (C=O) groups excluding carboxylic acids is 1. The molecule has 0 saturated carbocycles. The molecule has 1 aromatic heterocycles. The van der Waals surface area contributed by atoms with Gasteiger partial charge in [-0.2, -0.15) is 13.2 Å². The van der Waals surface area contributed by atoms with Crippen molar-refractivity contribution in [2.75, 3.05) is 6.54 Å². The van der Waals surface area contributed by atoms with Gasteiger partial charge in [-0.1, -0.05) is 12.1 Å². The smallest absolute Gasteiger partial charge is 0.443 e. The van der Waals surface area contributed by atoms with Gasteiger partial charge in [0.15, 0.2) is 12.0 Å². The monoisotopic (exact) mass is 272 g/mol. The number of para-hydroxylation sites is 1. The Morgan fingerprint density at radius 1 is 1.37 bits per heavy atom. The highest BCUT2D eigenvalue weighted by atomic mass is 19.4. The van der Waals surface area contributed by atoms with Crippen molar-refractivity contribution in [1.29, 1.82) is 0 Å². The number of hydrogen-bond acceptors (Lipinski definition) is 3. The third-order valence-electron chi connectivity index (χ3n) is 2.61. The normalized spacial score (nSPS) is 11.7. The second-order valence-corrected chi connectivity index (χ2v) is 3.97. The molecule has 0 saturated heterocycles. The summed E-state index contributed by atoms with van der Waals surface area (Å²) < 4.78 is 40.9. The molecule has 0 aliphatic heterocycles. The van der Waals surface area contributed by atoms with Crippen LogP contribution in [-0.4, -0.2) is 23.6 Å². The molecule has 1 N–H and O–H groups in total. The predicted octanol–water partition coefficient (Wildman–Crippen LogP) is 2.44. The van der Waals surface area contributed by atoms with Crippen LogP contribution in [0.4, 0.5) is 13.2 Å². The Labute approximate surface area is 106 Å². The first-order valence-corrected chi connectivity index (χ1v) is 5.64. The van der Waals surface area contributed by atoms with E-state index in [0.717, 1.165) is 5.56 Å². The first kappa shape index (κ1) is 13.4. The van der Waals surface area contributed by atoms with Gasteiger partial charge in [-0.05, 0) is 24.5 Å². The van der Waals surface area contributed by atoms with E-state index in [1.165, 1.54) is 6.39 Å². The van der Waals surface area contributed by atoms with Crippen molar-refractivity contribution >= 4 is 17.0 Å². The molecule has 19 heavy (non-hydrogen) atoms. The molecule has 4 nitrogen and oxygen atoms in total. The van der Waals surface area contributed by atoms with Gasteiger partial charge >= 0.3 is 12.1 Å². The first-order chi connectivity index (χ1) is 8.98. The summed E-state index contributed by atoms with van der Waals surface area (Å²) in [4.78, 5) is 14.6. The lowest BCUT2D eigenvalue weighted by molar-refractivity contribution is -0.173. The number of benzene rings is 1. The van der Waals surface area contributed by atoms with Crippen molar-refractivity contribution in [3.63, 3.8) is 0 Å². The number of aromatic nitrogens is 1.